The lowest BCUT2D eigenvalue weighted by atomic mass is 10.1. The molecule has 1 aliphatic heterocycles. The maximum Gasteiger partial charge on any atom is 0.414 e. The van der Waals surface area contributed by atoms with Gasteiger partial charge in [-0.3, -0.25) is 4.90 Å². The van der Waals surface area contributed by atoms with Crippen molar-refractivity contribution in [3.63, 3.8) is 0 Å². The zero-order valence-corrected chi connectivity index (χ0v) is 14.9. The van der Waals surface area contributed by atoms with Gasteiger partial charge in [-0.2, -0.15) is 0 Å². The Morgan fingerprint density at radius 1 is 1.04 bits per heavy atom. The van der Waals surface area contributed by atoms with Crippen molar-refractivity contribution in [2.75, 3.05) is 39.3 Å². The monoisotopic (exact) mass is 380 g/mol. The first-order valence-electron chi connectivity index (χ1n) is 8.18. The van der Waals surface area contributed by atoms with Gasteiger partial charge in [0.2, 0.25) is 0 Å². The Balaban J connectivity index is 0.000000352. The summed E-state index contributed by atoms with van der Waals surface area (Å²) in [6.07, 6.45) is 0. The first-order chi connectivity index (χ1) is 12.5. The lowest BCUT2D eigenvalue weighted by molar-refractivity contribution is -0.159. The van der Waals surface area contributed by atoms with Crippen LogP contribution in [0, 0.1) is 0 Å². The molecule has 0 atom stereocenters. The van der Waals surface area contributed by atoms with Crippen molar-refractivity contribution < 1.29 is 24.5 Å². The second kappa shape index (κ2) is 9.96. The van der Waals surface area contributed by atoms with E-state index in [1.807, 2.05) is 30.3 Å². The van der Waals surface area contributed by atoms with Crippen LogP contribution in [0.2, 0.25) is 5.02 Å². The molecule has 3 rings (SSSR count). The van der Waals surface area contributed by atoms with Gasteiger partial charge < -0.3 is 20.3 Å². The van der Waals surface area contributed by atoms with E-state index in [4.69, 9.17) is 36.1 Å². The molecule has 26 heavy (non-hydrogen) atoms. The molecule has 0 saturated carbocycles. The molecule has 1 heterocycles. The number of carboxylic acid groups (broad SMARTS) is 2. The van der Waals surface area contributed by atoms with Gasteiger partial charge >= 0.3 is 11.9 Å². The van der Waals surface area contributed by atoms with Crippen LogP contribution in [0.15, 0.2) is 36.4 Å². The van der Waals surface area contributed by atoms with E-state index in [0.29, 0.717) is 6.61 Å². The van der Waals surface area contributed by atoms with Gasteiger partial charge in [0.25, 0.3) is 0 Å². The Morgan fingerprint density at radius 2 is 1.65 bits per heavy atom. The quantitative estimate of drug-likeness (QED) is 0.697. The fourth-order valence-electron chi connectivity index (χ4n) is 2.58. The van der Waals surface area contributed by atoms with Crippen LogP contribution < -0.4 is 10.1 Å². The molecule has 0 aromatic heterocycles. The average molecular weight is 381 g/mol. The van der Waals surface area contributed by atoms with Crippen LogP contribution in [0.25, 0.3) is 10.8 Å². The van der Waals surface area contributed by atoms with Crippen molar-refractivity contribution in [1.82, 2.24) is 10.2 Å². The SMILES string of the molecule is Clc1ccc(OCCN2CCNCC2)c2ccccc12.O=C(O)C(=O)O. The molecule has 0 radical (unpaired) electrons. The number of hydrogen-bond acceptors (Lipinski definition) is 5. The van der Waals surface area contributed by atoms with Crippen LogP contribution in [-0.2, 0) is 9.59 Å². The third-order valence-electron chi connectivity index (χ3n) is 3.89. The Bertz CT molecular complexity index is 750. The summed E-state index contributed by atoms with van der Waals surface area (Å²) in [5, 5.41) is 21.0. The number of nitrogens with zero attached hydrogens (tertiary/aromatic N) is 1. The molecule has 0 amide bonds. The van der Waals surface area contributed by atoms with E-state index in [2.05, 4.69) is 16.3 Å². The molecule has 2 aromatic carbocycles. The predicted molar refractivity (Wildman–Crippen MR) is 99.0 cm³/mol. The van der Waals surface area contributed by atoms with Crippen LogP contribution in [0.4, 0.5) is 0 Å². The number of rotatable bonds is 4. The van der Waals surface area contributed by atoms with Gasteiger partial charge in [-0.05, 0) is 12.1 Å². The number of fused-ring (bicyclic) bond motifs is 1. The van der Waals surface area contributed by atoms with Crippen LogP contribution >= 0.6 is 11.6 Å². The summed E-state index contributed by atoms with van der Waals surface area (Å²) in [5.41, 5.74) is 0. The van der Waals surface area contributed by atoms with Gasteiger partial charge in [0.15, 0.2) is 0 Å². The minimum atomic E-state index is -1.82. The highest BCUT2D eigenvalue weighted by Gasteiger charge is 2.10. The zero-order chi connectivity index (χ0) is 18.9. The highest BCUT2D eigenvalue weighted by molar-refractivity contribution is 6.35. The topological polar surface area (TPSA) is 99.1 Å². The van der Waals surface area contributed by atoms with Crippen molar-refractivity contribution in [3.05, 3.63) is 41.4 Å². The van der Waals surface area contributed by atoms with Crippen molar-refractivity contribution in [2.24, 2.45) is 0 Å². The summed E-state index contributed by atoms with van der Waals surface area (Å²) in [4.78, 5) is 20.6. The summed E-state index contributed by atoms with van der Waals surface area (Å²) in [6, 6.07) is 12.0. The van der Waals surface area contributed by atoms with Gasteiger partial charge in [0.05, 0.1) is 0 Å². The van der Waals surface area contributed by atoms with Crippen LogP contribution in [-0.4, -0.2) is 66.4 Å². The highest BCUT2D eigenvalue weighted by Crippen LogP contribution is 2.31. The molecular weight excluding hydrogens is 360 g/mol. The molecule has 0 bridgehead atoms. The number of nitrogens with one attached hydrogen (secondary N) is 1. The smallest absolute Gasteiger partial charge is 0.414 e. The van der Waals surface area contributed by atoms with Gasteiger partial charge in [-0.15, -0.1) is 0 Å². The molecule has 0 aliphatic carbocycles. The minimum absolute atomic E-state index is 0.714. The number of hydrogen-bond donors (Lipinski definition) is 3. The molecular formula is C18H21ClN2O5. The highest BCUT2D eigenvalue weighted by atomic mass is 35.5. The molecule has 2 aromatic rings. The Kier molecular flexibility index (Phi) is 7.65. The molecule has 1 aliphatic rings. The van der Waals surface area contributed by atoms with E-state index >= 15 is 0 Å². The summed E-state index contributed by atoms with van der Waals surface area (Å²) < 4.78 is 5.96. The summed E-state index contributed by atoms with van der Waals surface area (Å²) >= 11 is 6.21. The van der Waals surface area contributed by atoms with E-state index in [0.717, 1.165) is 54.3 Å². The molecule has 1 fully saturated rings. The first kappa shape index (κ1) is 20.0. The standard InChI is InChI=1S/C16H19ClN2O.C2H2O4/c17-15-5-6-16(14-4-2-1-3-13(14)15)20-12-11-19-9-7-18-8-10-19;3-1(4)2(5)6/h1-6,18H,7-12H2;(H,3,4)(H,5,6). The van der Waals surface area contributed by atoms with E-state index < -0.39 is 11.9 Å². The van der Waals surface area contributed by atoms with Gasteiger partial charge in [0, 0.05) is 48.5 Å². The number of carbonyl (C=O) groups is 2. The molecule has 0 unspecified atom stereocenters. The fourth-order valence-corrected chi connectivity index (χ4v) is 2.81. The van der Waals surface area contributed by atoms with Crippen LogP contribution in [0.5, 0.6) is 5.75 Å². The maximum absolute atomic E-state index is 9.10. The van der Waals surface area contributed by atoms with Crippen LogP contribution in [0.3, 0.4) is 0 Å². The van der Waals surface area contributed by atoms with Crippen molar-refractivity contribution in [3.8, 4) is 5.75 Å². The number of ether oxygens (including phenoxy) is 1. The molecule has 7 nitrogen and oxygen atoms in total. The zero-order valence-electron chi connectivity index (χ0n) is 14.2. The summed E-state index contributed by atoms with van der Waals surface area (Å²) in [7, 11) is 0. The largest absolute Gasteiger partial charge is 0.492 e. The number of aliphatic carboxylic acids is 2. The second-order valence-corrected chi connectivity index (χ2v) is 6.05. The van der Waals surface area contributed by atoms with Gasteiger partial charge in [0.1, 0.15) is 12.4 Å². The number of carboxylic acids is 2. The molecule has 8 heteroatoms. The minimum Gasteiger partial charge on any atom is -0.492 e. The van der Waals surface area contributed by atoms with E-state index in [1.54, 1.807) is 0 Å². The van der Waals surface area contributed by atoms with E-state index in [1.165, 1.54) is 0 Å². The molecule has 140 valence electrons. The number of piperazine rings is 1. The Morgan fingerprint density at radius 3 is 2.27 bits per heavy atom. The Labute approximate surface area is 156 Å². The van der Waals surface area contributed by atoms with Crippen LogP contribution in [0.1, 0.15) is 0 Å². The predicted octanol–water partition coefficient (Wildman–Crippen LogP) is 1.93. The fraction of sp³-hybridized carbons (Fsp3) is 0.333. The lowest BCUT2D eigenvalue weighted by Gasteiger charge is -2.27. The third-order valence-corrected chi connectivity index (χ3v) is 4.22. The lowest BCUT2D eigenvalue weighted by Crippen LogP contribution is -2.44. The molecule has 1 saturated heterocycles. The van der Waals surface area contributed by atoms with Crippen molar-refractivity contribution in [1.29, 1.82) is 0 Å². The first-order valence-corrected chi connectivity index (χ1v) is 8.56. The normalized spacial score (nSPS) is 14.3. The number of benzene rings is 2. The molecule has 3 N–H and O–H groups in total. The molecule has 0 spiro atoms. The van der Waals surface area contributed by atoms with E-state index in [9.17, 15) is 0 Å². The summed E-state index contributed by atoms with van der Waals surface area (Å²) in [6.45, 7) is 6.04. The van der Waals surface area contributed by atoms with Gasteiger partial charge in [-0.1, -0.05) is 35.9 Å². The van der Waals surface area contributed by atoms with Gasteiger partial charge in [-0.25, -0.2) is 9.59 Å². The van der Waals surface area contributed by atoms with E-state index in [-0.39, 0.29) is 0 Å². The average Bonchev–Trinajstić information content (AvgIpc) is 2.65. The second-order valence-electron chi connectivity index (χ2n) is 5.64. The third kappa shape index (κ3) is 5.87. The van der Waals surface area contributed by atoms with Crippen molar-refractivity contribution in [2.45, 2.75) is 0 Å². The summed E-state index contributed by atoms with van der Waals surface area (Å²) in [5.74, 6) is -2.73. The van der Waals surface area contributed by atoms with Crippen molar-refractivity contribution >= 4 is 34.3 Å². The maximum atomic E-state index is 9.10. The number of halogens is 1. The Hall–Kier alpha value is -2.35.